The van der Waals surface area contributed by atoms with Crippen molar-refractivity contribution in [3.8, 4) is 0 Å². The van der Waals surface area contributed by atoms with Gasteiger partial charge in [-0.1, -0.05) is 0 Å². The van der Waals surface area contributed by atoms with Crippen molar-refractivity contribution in [2.75, 3.05) is 5.32 Å². The monoisotopic (exact) mass is 234 g/mol. The summed E-state index contributed by atoms with van der Waals surface area (Å²) in [4.78, 5) is 21.5. The third kappa shape index (κ3) is 2.43. The van der Waals surface area contributed by atoms with Crippen molar-refractivity contribution in [2.24, 2.45) is 0 Å². The highest BCUT2D eigenvalue weighted by atomic mass is 16.6. The first kappa shape index (κ1) is 11.6. The molecule has 1 aromatic carbocycles. The van der Waals surface area contributed by atoms with Gasteiger partial charge in [-0.2, -0.15) is 0 Å². The van der Waals surface area contributed by atoms with Crippen LogP contribution in [0.3, 0.4) is 0 Å². The second-order valence-corrected chi connectivity index (χ2v) is 4.28. The molecule has 1 N–H and O–H groups in total. The van der Waals surface area contributed by atoms with Gasteiger partial charge in [0.05, 0.1) is 4.92 Å². The standard InChI is InChI=1S/C12H14N2O3/c1-8(15)13-11-6-9-4-2-3-5-10(9)7-12(11)14(16)17/h6-7H,2-5H2,1H3,(H,13,15). The average Bonchev–Trinajstić information content (AvgIpc) is 2.27. The predicted octanol–water partition coefficient (Wildman–Crippen LogP) is 2.43. The molecule has 0 heterocycles. The summed E-state index contributed by atoms with van der Waals surface area (Å²) in [7, 11) is 0. The number of carbonyl (C=O) groups excluding carboxylic acids is 1. The van der Waals surface area contributed by atoms with Gasteiger partial charge in [0.2, 0.25) is 5.91 Å². The van der Waals surface area contributed by atoms with Crippen molar-refractivity contribution in [1.82, 2.24) is 0 Å². The summed E-state index contributed by atoms with van der Waals surface area (Å²) in [5.41, 5.74) is 2.45. The van der Waals surface area contributed by atoms with E-state index in [0.717, 1.165) is 36.8 Å². The number of carbonyl (C=O) groups is 1. The molecular formula is C12H14N2O3. The van der Waals surface area contributed by atoms with E-state index in [1.807, 2.05) is 0 Å². The summed E-state index contributed by atoms with van der Waals surface area (Å²) in [6.45, 7) is 1.35. The molecule has 0 radical (unpaired) electrons. The second-order valence-electron chi connectivity index (χ2n) is 4.28. The van der Waals surface area contributed by atoms with E-state index in [1.54, 1.807) is 12.1 Å². The number of hydrogen-bond donors (Lipinski definition) is 1. The molecule has 0 saturated carbocycles. The van der Waals surface area contributed by atoms with Crippen molar-refractivity contribution in [2.45, 2.75) is 32.6 Å². The van der Waals surface area contributed by atoms with Gasteiger partial charge in [-0.3, -0.25) is 14.9 Å². The van der Waals surface area contributed by atoms with Crippen LogP contribution in [-0.2, 0) is 17.6 Å². The number of fused-ring (bicyclic) bond motifs is 1. The zero-order valence-electron chi connectivity index (χ0n) is 9.66. The van der Waals surface area contributed by atoms with Crippen LogP contribution in [0.1, 0.15) is 30.9 Å². The maximum Gasteiger partial charge on any atom is 0.293 e. The molecule has 1 amide bonds. The van der Waals surface area contributed by atoms with Crippen molar-refractivity contribution in [1.29, 1.82) is 0 Å². The minimum atomic E-state index is -0.444. The van der Waals surface area contributed by atoms with Gasteiger partial charge < -0.3 is 5.32 Å². The third-order valence-corrected chi connectivity index (χ3v) is 2.97. The van der Waals surface area contributed by atoms with E-state index in [4.69, 9.17) is 0 Å². The predicted molar refractivity (Wildman–Crippen MR) is 64.0 cm³/mol. The van der Waals surface area contributed by atoms with Crippen LogP contribution in [0.2, 0.25) is 0 Å². The highest BCUT2D eigenvalue weighted by Crippen LogP contribution is 2.32. The molecule has 0 bridgehead atoms. The lowest BCUT2D eigenvalue weighted by atomic mass is 9.91. The van der Waals surface area contributed by atoms with Crippen molar-refractivity contribution < 1.29 is 9.72 Å². The Morgan fingerprint density at radius 1 is 1.29 bits per heavy atom. The number of benzene rings is 1. The van der Waals surface area contributed by atoms with Gasteiger partial charge in [0.1, 0.15) is 5.69 Å². The van der Waals surface area contributed by atoms with Crippen LogP contribution in [0.25, 0.3) is 0 Å². The van der Waals surface area contributed by atoms with E-state index < -0.39 is 4.92 Å². The van der Waals surface area contributed by atoms with Crippen LogP contribution in [0, 0.1) is 10.1 Å². The molecule has 5 nitrogen and oxygen atoms in total. The van der Waals surface area contributed by atoms with E-state index >= 15 is 0 Å². The lowest BCUT2D eigenvalue weighted by Crippen LogP contribution is -2.11. The van der Waals surface area contributed by atoms with Gasteiger partial charge in [0, 0.05) is 13.0 Å². The summed E-state index contributed by atoms with van der Waals surface area (Å²) in [6, 6.07) is 3.34. The molecule has 5 heteroatoms. The van der Waals surface area contributed by atoms with Crippen LogP contribution in [-0.4, -0.2) is 10.8 Å². The lowest BCUT2D eigenvalue weighted by Gasteiger charge is -2.16. The Labute approximate surface area is 99.0 Å². The maximum absolute atomic E-state index is 11.0. The minimum Gasteiger partial charge on any atom is -0.321 e. The van der Waals surface area contributed by atoms with Crippen LogP contribution >= 0.6 is 0 Å². The van der Waals surface area contributed by atoms with E-state index in [0.29, 0.717) is 5.69 Å². The Bertz CT molecular complexity index is 483. The molecule has 17 heavy (non-hydrogen) atoms. The SMILES string of the molecule is CC(=O)Nc1cc2c(cc1[N+](=O)[O-])CCCC2. The van der Waals surface area contributed by atoms with E-state index in [9.17, 15) is 14.9 Å². The van der Waals surface area contributed by atoms with Gasteiger partial charge >= 0.3 is 0 Å². The van der Waals surface area contributed by atoms with Crippen LogP contribution in [0.5, 0.6) is 0 Å². The molecule has 1 aliphatic rings. The average molecular weight is 234 g/mol. The summed E-state index contributed by atoms with van der Waals surface area (Å²) in [5.74, 6) is -0.288. The molecule has 0 fully saturated rings. The Hall–Kier alpha value is -1.91. The fourth-order valence-corrected chi connectivity index (χ4v) is 2.21. The third-order valence-electron chi connectivity index (χ3n) is 2.97. The Kier molecular flexibility index (Phi) is 3.08. The first-order valence-corrected chi connectivity index (χ1v) is 5.65. The Morgan fingerprint density at radius 2 is 1.88 bits per heavy atom. The maximum atomic E-state index is 11.0. The Morgan fingerprint density at radius 3 is 2.41 bits per heavy atom. The normalized spacial score (nSPS) is 13.9. The quantitative estimate of drug-likeness (QED) is 0.631. The number of nitro benzene ring substituents is 1. The molecule has 0 unspecified atom stereocenters. The summed E-state index contributed by atoms with van der Waals surface area (Å²) >= 11 is 0. The summed E-state index contributed by atoms with van der Waals surface area (Å²) < 4.78 is 0. The minimum absolute atomic E-state index is 0.0131. The van der Waals surface area contributed by atoms with E-state index in [-0.39, 0.29) is 11.6 Å². The van der Waals surface area contributed by atoms with Gasteiger partial charge in [-0.05, 0) is 42.9 Å². The molecule has 2 rings (SSSR count). The molecule has 0 aromatic heterocycles. The van der Waals surface area contributed by atoms with Crippen LogP contribution in [0.15, 0.2) is 12.1 Å². The number of amides is 1. The zero-order chi connectivity index (χ0) is 12.4. The number of anilines is 1. The van der Waals surface area contributed by atoms with Gasteiger partial charge in [-0.15, -0.1) is 0 Å². The van der Waals surface area contributed by atoms with E-state index in [2.05, 4.69) is 5.32 Å². The van der Waals surface area contributed by atoms with Crippen molar-refractivity contribution in [3.63, 3.8) is 0 Å². The number of nitrogens with zero attached hydrogens (tertiary/aromatic N) is 1. The highest BCUT2D eigenvalue weighted by molar-refractivity contribution is 5.91. The van der Waals surface area contributed by atoms with Gasteiger partial charge in [0.15, 0.2) is 0 Å². The molecule has 1 aromatic rings. The summed E-state index contributed by atoms with van der Waals surface area (Å²) in [6.07, 6.45) is 3.99. The number of aryl methyl sites for hydroxylation is 2. The van der Waals surface area contributed by atoms with Crippen molar-refractivity contribution in [3.05, 3.63) is 33.4 Å². The molecule has 0 atom stereocenters. The van der Waals surface area contributed by atoms with Crippen LogP contribution in [0.4, 0.5) is 11.4 Å². The number of rotatable bonds is 2. The molecular weight excluding hydrogens is 220 g/mol. The van der Waals surface area contributed by atoms with E-state index in [1.165, 1.54) is 6.92 Å². The van der Waals surface area contributed by atoms with Gasteiger partial charge in [0.25, 0.3) is 5.69 Å². The Balaban J connectivity index is 2.47. The fourth-order valence-electron chi connectivity index (χ4n) is 2.21. The number of nitrogens with one attached hydrogen (secondary N) is 1. The summed E-state index contributed by atoms with van der Waals surface area (Å²) in [5, 5.41) is 13.5. The zero-order valence-corrected chi connectivity index (χ0v) is 9.66. The first-order valence-electron chi connectivity index (χ1n) is 5.65. The van der Waals surface area contributed by atoms with Gasteiger partial charge in [-0.25, -0.2) is 0 Å². The molecule has 1 aliphatic carbocycles. The second kappa shape index (κ2) is 4.53. The molecule has 0 saturated heterocycles. The lowest BCUT2D eigenvalue weighted by molar-refractivity contribution is -0.384. The molecule has 90 valence electrons. The molecule has 0 spiro atoms. The topological polar surface area (TPSA) is 72.2 Å². The largest absolute Gasteiger partial charge is 0.321 e. The van der Waals surface area contributed by atoms with Crippen molar-refractivity contribution >= 4 is 17.3 Å². The smallest absolute Gasteiger partial charge is 0.293 e. The first-order chi connectivity index (χ1) is 8.08. The highest BCUT2D eigenvalue weighted by Gasteiger charge is 2.20. The molecule has 0 aliphatic heterocycles. The fraction of sp³-hybridized carbons (Fsp3) is 0.417. The number of hydrogen-bond acceptors (Lipinski definition) is 3. The number of nitro groups is 1. The van der Waals surface area contributed by atoms with Crippen LogP contribution < -0.4 is 5.32 Å².